The highest BCUT2D eigenvalue weighted by atomic mass is 16.2. The number of amides is 3. The Kier molecular flexibility index (Phi) is 8.41. The van der Waals surface area contributed by atoms with Gasteiger partial charge in [0.15, 0.2) is 0 Å². The molecule has 0 atom stereocenters. The average Bonchev–Trinajstić information content (AvgIpc) is 2.73. The van der Waals surface area contributed by atoms with Crippen LogP contribution in [-0.2, 0) is 9.59 Å². The van der Waals surface area contributed by atoms with E-state index < -0.39 is 0 Å². The topological polar surface area (TPSA) is 90.5 Å². The Hall–Kier alpha value is -3.35. The van der Waals surface area contributed by atoms with Gasteiger partial charge in [-0.2, -0.15) is 0 Å². The zero-order valence-electron chi connectivity index (χ0n) is 18.0. The van der Waals surface area contributed by atoms with Gasteiger partial charge in [-0.25, -0.2) is 0 Å². The van der Waals surface area contributed by atoms with Crippen LogP contribution in [0.15, 0.2) is 48.5 Å². The summed E-state index contributed by atoms with van der Waals surface area (Å²) < 4.78 is 0. The second kappa shape index (κ2) is 11.0. The number of rotatable bonds is 9. The molecule has 0 radical (unpaired) electrons. The zero-order valence-corrected chi connectivity index (χ0v) is 18.0. The smallest absolute Gasteiger partial charge is 0.253 e. The van der Waals surface area contributed by atoms with Gasteiger partial charge in [0.2, 0.25) is 11.8 Å². The van der Waals surface area contributed by atoms with Gasteiger partial charge in [-0.15, -0.1) is 0 Å². The summed E-state index contributed by atoms with van der Waals surface area (Å²) in [5, 5.41) is 8.67. The molecule has 3 amide bonds. The van der Waals surface area contributed by atoms with E-state index >= 15 is 0 Å². The Morgan fingerprint density at radius 3 is 2.10 bits per heavy atom. The van der Waals surface area contributed by atoms with E-state index in [1.165, 1.54) is 0 Å². The van der Waals surface area contributed by atoms with Gasteiger partial charge in [0.05, 0.1) is 6.54 Å². The van der Waals surface area contributed by atoms with Crippen molar-refractivity contribution < 1.29 is 14.4 Å². The number of carbonyl (C=O) groups is 3. The summed E-state index contributed by atoms with van der Waals surface area (Å²) in [5.41, 5.74) is 2.50. The largest absolute Gasteiger partial charge is 0.376 e. The fraction of sp³-hybridized carbons (Fsp3) is 0.348. The monoisotopic (exact) mass is 410 g/mol. The second-order valence-electron chi connectivity index (χ2n) is 7.18. The highest BCUT2D eigenvalue weighted by Gasteiger charge is 2.13. The Balaban J connectivity index is 1.95. The lowest BCUT2D eigenvalue weighted by molar-refractivity contribution is -0.119. The molecule has 0 saturated heterocycles. The van der Waals surface area contributed by atoms with Gasteiger partial charge in [-0.1, -0.05) is 26.0 Å². The van der Waals surface area contributed by atoms with E-state index in [0.717, 1.165) is 5.69 Å². The molecule has 160 valence electrons. The van der Waals surface area contributed by atoms with Crippen molar-refractivity contribution in [2.24, 2.45) is 5.92 Å². The van der Waals surface area contributed by atoms with Gasteiger partial charge in [-0.05, 0) is 50.2 Å². The normalized spacial score (nSPS) is 10.4. The summed E-state index contributed by atoms with van der Waals surface area (Å²) in [4.78, 5) is 38.4. The van der Waals surface area contributed by atoms with Crippen molar-refractivity contribution in [2.75, 3.05) is 35.6 Å². The molecule has 0 unspecified atom stereocenters. The minimum Gasteiger partial charge on any atom is -0.376 e. The lowest BCUT2D eigenvalue weighted by Crippen LogP contribution is -2.30. The van der Waals surface area contributed by atoms with E-state index in [1.54, 1.807) is 47.4 Å². The molecule has 7 nitrogen and oxygen atoms in total. The third kappa shape index (κ3) is 6.62. The molecule has 7 heteroatoms. The van der Waals surface area contributed by atoms with Crippen molar-refractivity contribution in [2.45, 2.75) is 27.7 Å². The molecule has 0 aliphatic heterocycles. The van der Waals surface area contributed by atoms with Crippen LogP contribution in [0.5, 0.6) is 0 Å². The first-order valence-corrected chi connectivity index (χ1v) is 10.2. The van der Waals surface area contributed by atoms with Crippen LogP contribution in [0.2, 0.25) is 0 Å². The maximum absolute atomic E-state index is 12.5. The number of hydrogen-bond donors (Lipinski definition) is 3. The molecular weight excluding hydrogens is 380 g/mol. The molecule has 0 aliphatic rings. The van der Waals surface area contributed by atoms with Gasteiger partial charge in [-0.3, -0.25) is 14.4 Å². The molecule has 0 heterocycles. The summed E-state index contributed by atoms with van der Waals surface area (Å²) in [6, 6.07) is 14.1. The summed E-state index contributed by atoms with van der Waals surface area (Å²) in [6.45, 7) is 8.83. The predicted molar refractivity (Wildman–Crippen MR) is 121 cm³/mol. The number of nitrogens with zero attached hydrogens (tertiary/aromatic N) is 1. The van der Waals surface area contributed by atoms with E-state index in [1.807, 2.05) is 33.8 Å². The first kappa shape index (κ1) is 22.9. The van der Waals surface area contributed by atoms with Crippen LogP contribution in [0, 0.1) is 5.92 Å². The summed E-state index contributed by atoms with van der Waals surface area (Å²) in [7, 11) is 0. The molecule has 3 N–H and O–H groups in total. The Morgan fingerprint density at radius 1 is 0.867 bits per heavy atom. The van der Waals surface area contributed by atoms with Crippen molar-refractivity contribution in [3.8, 4) is 0 Å². The first-order valence-electron chi connectivity index (χ1n) is 10.2. The summed E-state index contributed by atoms with van der Waals surface area (Å²) >= 11 is 0. The molecular formula is C23H30N4O3. The maximum Gasteiger partial charge on any atom is 0.253 e. The standard InChI is InChI=1S/C23H30N4O3/c1-5-27(6-2)23(30)17-9-7-11-19(13-17)25-21(28)15-24-18-10-8-12-20(14-18)26-22(29)16(3)4/h7-14,16,24H,5-6,15H2,1-4H3,(H,25,28)(H,26,29). The van der Waals surface area contributed by atoms with Gasteiger partial charge in [0.1, 0.15) is 0 Å². The lowest BCUT2D eigenvalue weighted by atomic mass is 10.1. The number of anilines is 3. The maximum atomic E-state index is 12.5. The van der Waals surface area contributed by atoms with Crippen molar-refractivity contribution in [3.63, 3.8) is 0 Å². The minimum absolute atomic E-state index is 0.0514. The molecule has 0 fully saturated rings. The molecule has 2 rings (SSSR count). The molecule has 30 heavy (non-hydrogen) atoms. The quantitative estimate of drug-likeness (QED) is 0.586. The predicted octanol–water partition coefficient (Wildman–Crippen LogP) is 3.81. The van der Waals surface area contributed by atoms with Crippen LogP contribution in [-0.4, -0.2) is 42.3 Å². The highest BCUT2D eigenvalue weighted by molar-refractivity contribution is 5.98. The molecule has 0 spiro atoms. The molecule has 0 bridgehead atoms. The van der Waals surface area contributed by atoms with E-state index in [4.69, 9.17) is 0 Å². The van der Waals surface area contributed by atoms with Gasteiger partial charge in [0, 0.05) is 41.6 Å². The van der Waals surface area contributed by atoms with Crippen LogP contribution < -0.4 is 16.0 Å². The molecule has 0 aromatic heterocycles. The van der Waals surface area contributed by atoms with Crippen molar-refractivity contribution in [3.05, 3.63) is 54.1 Å². The van der Waals surface area contributed by atoms with Crippen molar-refractivity contribution in [1.29, 1.82) is 0 Å². The van der Waals surface area contributed by atoms with Gasteiger partial charge < -0.3 is 20.9 Å². The zero-order chi connectivity index (χ0) is 22.1. The average molecular weight is 411 g/mol. The molecule has 2 aromatic carbocycles. The van der Waals surface area contributed by atoms with Crippen LogP contribution in [0.1, 0.15) is 38.1 Å². The summed E-state index contributed by atoms with van der Waals surface area (Å²) in [6.07, 6.45) is 0. The minimum atomic E-state index is -0.237. The van der Waals surface area contributed by atoms with E-state index in [-0.39, 0.29) is 30.2 Å². The SMILES string of the molecule is CCN(CC)C(=O)c1cccc(NC(=O)CNc2cccc(NC(=O)C(C)C)c2)c1. The highest BCUT2D eigenvalue weighted by Crippen LogP contribution is 2.16. The lowest BCUT2D eigenvalue weighted by Gasteiger charge is -2.19. The molecule has 0 saturated carbocycles. The Bertz CT molecular complexity index is 892. The molecule has 0 aliphatic carbocycles. The van der Waals surface area contributed by atoms with Crippen LogP contribution in [0.3, 0.4) is 0 Å². The number of hydrogen-bond acceptors (Lipinski definition) is 4. The number of carbonyl (C=O) groups excluding carboxylic acids is 3. The van der Waals surface area contributed by atoms with Crippen LogP contribution >= 0.6 is 0 Å². The van der Waals surface area contributed by atoms with Crippen molar-refractivity contribution >= 4 is 34.8 Å². The third-order valence-electron chi connectivity index (χ3n) is 4.55. The number of benzene rings is 2. The van der Waals surface area contributed by atoms with Crippen LogP contribution in [0.4, 0.5) is 17.1 Å². The second-order valence-corrected chi connectivity index (χ2v) is 7.18. The van der Waals surface area contributed by atoms with Gasteiger partial charge >= 0.3 is 0 Å². The first-order chi connectivity index (χ1) is 14.3. The summed E-state index contributed by atoms with van der Waals surface area (Å²) in [5.74, 6) is -0.477. The van der Waals surface area contributed by atoms with Crippen LogP contribution in [0.25, 0.3) is 0 Å². The fourth-order valence-electron chi connectivity index (χ4n) is 2.80. The Labute approximate surface area is 177 Å². The third-order valence-corrected chi connectivity index (χ3v) is 4.55. The van der Waals surface area contributed by atoms with E-state index in [9.17, 15) is 14.4 Å². The van der Waals surface area contributed by atoms with E-state index in [0.29, 0.717) is 30.0 Å². The number of nitrogens with one attached hydrogen (secondary N) is 3. The fourth-order valence-corrected chi connectivity index (χ4v) is 2.80. The van der Waals surface area contributed by atoms with Crippen molar-refractivity contribution in [1.82, 2.24) is 4.90 Å². The Morgan fingerprint density at radius 2 is 1.47 bits per heavy atom. The molecule has 2 aromatic rings. The van der Waals surface area contributed by atoms with E-state index in [2.05, 4.69) is 16.0 Å². The van der Waals surface area contributed by atoms with Gasteiger partial charge in [0.25, 0.3) is 5.91 Å².